The van der Waals surface area contributed by atoms with E-state index >= 15 is 0 Å². The molecule has 1 amide bonds. The van der Waals surface area contributed by atoms with Gasteiger partial charge in [-0.3, -0.25) is 4.79 Å². The van der Waals surface area contributed by atoms with Crippen LogP contribution >= 0.6 is 0 Å². The Morgan fingerprint density at radius 2 is 1.71 bits per heavy atom. The molecule has 0 radical (unpaired) electrons. The van der Waals surface area contributed by atoms with E-state index in [-0.39, 0.29) is 17.2 Å². The molecule has 4 nitrogen and oxygen atoms in total. The van der Waals surface area contributed by atoms with Gasteiger partial charge >= 0.3 is 0 Å². The smallest absolute Gasteiger partial charge is 0.257 e. The minimum atomic E-state index is -0.348. The topological polar surface area (TPSA) is 75.3 Å². The van der Waals surface area contributed by atoms with Crippen molar-refractivity contribution in [1.29, 1.82) is 0 Å². The molecule has 0 fully saturated rings. The number of phenols is 1. The summed E-state index contributed by atoms with van der Waals surface area (Å²) in [6, 6.07) is 17.9. The number of anilines is 2. The van der Waals surface area contributed by atoms with Crippen LogP contribution < -0.4 is 11.1 Å². The number of nitrogen functional groups attached to an aromatic ring is 1. The van der Waals surface area contributed by atoms with Crippen LogP contribution in [0, 0.1) is 0 Å². The Labute approximate surface area is 121 Å². The molecule has 4 N–H and O–H groups in total. The summed E-state index contributed by atoms with van der Waals surface area (Å²) < 4.78 is 0. The summed E-state index contributed by atoms with van der Waals surface area (Å²) in [7, 11) is 0. The monoisotopic (exact) mass is 278 g/mol. The Kier molecular flexibility index (Phi) is 3.20. The summed E-state index contributed by atoms with van der Waals surface area (Å²) in [5.41, 5.74) is 7.02. The summed E-state index contributed by atoms with van der Waals surface area (Å²) in [6.07, 6.45) is 0. The molecule has 0 saturated carbocycles. The molecule has 0 atom stereocenters. The number of hydrogen-bond donors (Lipinski definition) is 3. The summed E-state index contributed by atoms with van der Waals surface area (Å²) in [6.45, 7) is 0. The number of amides is 1. The highest BCUT2D eigenvalue weighted by Crippen LogP contribution is 2.22. The van der Waals surface area contributed by atoms with Gasteiger partial charge in [0.05, 0.1) is 5.56 Å². The van der Waals surface area contributed by atoms with Gasteiger partial charge in [-0.15, -0.1) is 0 Å². The average molecular weight is 278 g/mol. The van der Waals surface area contributed by atoms with Crippen molar-refractivity contribution in [1.82, 2.24) is 0 Å². The molecule has 0 aliphatic carbocycles. The van der Waals surface area contributed by atoms with Gasteiger partial charge in [0.25, 0.3) is 5.91 Å². The Hall–Kier alpha value is -3.01. The lowest BCUT2D eigenvalue weighted by molar-refractivity contribution is 0.102. The Morgan fingerprint density at radius 1 is 0.952 bits per heavy atom. The number of nitrogens with one attached hydrogen (secondary N) is 1. The van der Waals surface area contributed by atoms with Gasteiger partial charge in [0.15, 0.2) is 0 Å². The third-order valence-corrected chi connectivity index (χ3v) is 3.29. The van der Waals surface area contributed by atoms with Gasteiger partial charge in [0.1, 0.15) is 5.75 Å². The zero-order valence-corrected chi connectivity index (χ0v) is 11.2. The van der Waals surface area contributed by atoms with Crippen molar-refractivity contribution in [3.63, 3.8) is 0 Å². The molecule has 0 aliphatic rings. The number of phenolic OH excluding ortho intramolecular Hbond substituents is 1. The van der Waals surface area contributed by atoms with Crippen molar-refractivity contribution < 1.29 is 9.90 Å². The third kappa shape index (κ3) is 2.65. The predicted octanol–water partition coefficient (Wildman–Crippen LogP) is 3.38. The molecule has 3 aromatic carbocycles. The van der Waals surface area contributed by atoms with Crippen LogP contribution in [-0.4, -0.2) is 11.0 Å². The zero-order valence-electron chi connectivity index (χ0n) is 11.2. The van der Waals surface area contributed by atoms with E-state index in [0.717, 1.165) is 10.8 Å². The first-order valence-corrected chi connectivity index (χ1v) is 6.52. The van der Waals surface area contributed by atoms with Crippen molar-refractivity contribution in [2.75, 3.05) is 11.1 Å². The molecule has 3 aromatic rings. The zero-order chi connectivity index (χ0) is 14.8. The van der Waals surface area contributed by atoms with Crippen LogP contribution in [0.15, 0.2) is 60.7 Å². The number of fused-ring (bicyclic) bond motifs is 1. The van der Waals surface area contributed by atoms with Crippen LogP contribution in [-0.2, 0) is 0 Å². The molecule has 0 heterocycles. The fraction of sp³-hybridized carbons (Fsp3) is 0. The van der Waals surface area contributed by atoms with E-state index in [0.29, 0.717) is 11.4 Å². The first-order valence-electron chi connectivity index (χ1n) is 6.52. The van der Waals surface area contributed by atoms with Gasteiger partial charge < -0.3 is 16.2 Å². The minimum absolute atomic E-state index is 0.00728. The number of nitrogens with two attached hydrogens (primary N) is 1. The van der Waals surface area contributed by atoms with E-state index in [9.17, 15) is 9.90 Å². The lowest BCUT2D eigenvalue weighted by Crippen LogP contribution is -2.13. The molecule has 0 unspecified atom stereocenters. The largest absolute Gasteiger partial charge is 0.508 e. The lowest BCUT2D eigenvalue weighted by Gasteiger charge is -2.09. The van der Waals surface area contributed by atoms with Crippen molar-refractivity contribution >= 4 is 28.1 Å². The van der Waals surface area contributed by atoms with Crippen LogP contribution in [0.1, 0.15) is 10.4 Å². The van der Waals surface area contributed by atoms with E-state index in [1.54, 1.807) is 0 Å². The highest BCUT2D eigenvalue weighted by molar-refractivity contribution is 6.08. The van der Waals surface area contributed by atoms with Crippen molar-refractivity contribution in [3.05, 3.63) is 66.2 Å². The fourth-order valence-electron chi connectivity index (χ4n) is 2.21. The van der Waals surface area contributed by atoms with Gasteiger partial charge in [-0.25, -0.2) is 0 Å². The highest BCUT2D eigenvalue weighted by atomic mass is 16.3. The molecule has 0 bridgehead atoms. The van der Waals surface area contributed by atoms with Crippen LogP contribution in [0.25, 0.3) is 10.8 Å². The number of carbonyl (C=O) groups is 1. The number of benzene rings is 3. The Balaban J connectivity index is 1.90. The second-order valence-electron chi connectivity index (χ2n) is 4.79. The standard InChI is InChI=1S/C17H14N2O2/c18-16-8-7-14(20)10-15(16)17(21)19-13-6-5-11-3-1-2-4-12(11)9-13/h1-10,20H,18H2,(H,19,21). The number of rotatable bonds is 2. The normalized spacial score (nSPS) is 10.5. The third-order valence-electron chi connectivity index (χ3n) is 3.29. The lowest BCUT2D eigenvalue weighted by atomic mass is 10.1. The van der Waals surface area contributed by atoms with Gasteiger partial charge in [0, 0.05) is 11.4 Å². The van der Waals surface area contributed by atoms with E-state index in [1.165, 1.54) is 18.2 Å². The average Bonchev–Trinajstić information content (AvgIpc) is 2.49. The van der Waals surface area contributed by atoms with E-state index in [4.69, 9.17) is 5.73 Å². The molecule has 4 heteroatoms. The molecular weight excluding hydrogens is 264 g/mol. The highest BCUT2D eigenvalue weighted by Gasteiger charge is 2.11. The molecular formula is C17H14N2O2. The first kappa shape index (κ1) is 13.0. The second kappa shape index (κ2) is 5.17. The predicted molar refractivity (Wildman–Crippen MR) is 84.4 cm³/mol. The Bertz CT molecular complexity index is 828. The first-order chi connectivity index (χ1) is 10.1. The number of carbonyl (C=O) groups excluding carboxylic acids is 1. The van der Waals surface area contributed by atoms with Crippen molar-refractivity contribution in [2.45, 2.75) is 0 Å². The maximum absolute atomic E-state index is 12.2. The molecule has 0 aromatic heterocycles. The van der Waals surface area contributed by atoms with Gasteiger partial charge in [0.2, 0.25) is 0 Å². The fourth-order valence-corrected chi connectivity index (χ4v) is 2.21. The van der Waals surface area contributed by atoms with E-state index < -0.39 is 0 Å². The van der Waals surface area contributed by atoms with Crippen LogP contribution in [0.5, 0.6) is 5.75 Å². The Morgan fingerprint density at radius 3 is 2.52 bits per heavy atom. The van der Waals surface area contributed by atoms with Crippen LogP contribution in [0.3, 0.4) is 0 Å². The van der Waals surface area contributed by atoms with Gasteiger partial charge in [-0.1, -0.05) is 30.3 Å². The second-order valence-corrected chi connectivity index (χ2v) is 4.79. The van der Waals surface area contributed by atoms with E-state index in [2.05, 4.69) is 5.32 Å². The van der Waals surface area contributed by atoms with Crippen molar-refractivity contribution in [3.8, 4) is 5.75 Å². The maximum atomic E-state index is 12.2. The molecule has 0 spiro atoms. The summed E-state index contributed by atoms with van der Waals surface area (Å²) in [5, 5.41) is 14.4. The summed E-state index contributed by atoms with van der Waals surface area (Å²) in [4.78, 5) is 12.2. The summed E-state index contributed by atoms with van der Waals surface area (Å²) in [5.74, 6) is -0.341. The van der Waals surface area contributed by atoms with Gasteiger partial charge in [-0.2, -0.15) is 0 Å². The number of aromatic hydroxyl groups is 1. The van der Waals surface area contributed by atoms with Crippen molar-refractivity contribution in [2.24, 2.45) is 0 Å². The molecule has 0 aliphatic heterocycles. The number of hydrogen-bond acceptors (Lipinski definition) is 3. The molecule has 0 saturated heterocycles. The van der Waals surface area contributed by atoms with Crippen LogP contribution in [0.4, 0.5) is 11.4 Å². The van der Waals surface area contributed by atoms with Crippen LogP contribution in [0.2, 0.25) is 0 Å². The molecule has 104 valence electrons. The maximum Gasteiger partial charge on any atom is 0.257 e. The quantitative estimate of drug-likeness (QED) is 0.497. The minimum Gasteiger partial charge on any atom is -0.508 e. The summed E-state index contributed by atoms with van der Waals surface area (Å²) >= 11 is 0. The van der Waals surface area contributed by atoms with Gasteiger partial charge in [-0.05, 0) is 41.1 Å². The molecule has 3 rings (SSSR count). The SMILES string of the molecule is Nc1ccc(O)cc1C(=O)Nc1ccc2ccccc2c1. The molecule has 21 heavy (non-hydrogen) atoms. The van der Waals surface area contributed by atoms with E-state index in [1.807, 2.05) is 42.5 Å².